The number of nitrogens with zero attached hydrogens (tertiary/aromatic N) is 1. The highest BCUT2D eigenvalue weighted by atomic mass is 35.5. The maximum Gasteiger partial charge on any atom is 0.245 e. The molecule has 6 heteroatoms. The zero-order valence-corrected chi connectivity index (χ0v) is 13.1. The van der Waals surface area contributed by atoms with Crippen LogP contribution in [-0.2, 0) is 16.1 Å². The predicted molar refractivity (Wildman–Crippen MR) is 81.1 cm³/mol. The van der Waals surface area contributed by atoms with E-state index in [2.05, 4.69) is 5.32 Å². The van der Waals surface area contributed by atoms with Gasteiger partial charge in [-0.1, -0.05) is 29.3 Å². The lowest BCUT2D eigenvalue weighted by molar-refractivity contribution is -0.150. The van der Waals surface area contributed by atoms with Crippen molar-refractivity contribution >= 4 is 35.0 Å². The summed E-state index contributed by atoms with van der Waals surface area (Å²) >= 11 is 11.9. The van der Waals surface area contributed by atoms with E-state index in [1.54, 1.807) is 24.0 Å². The number of rotatable bonds is 3. The Hall–Kier alpha value is -1.26. The monoisotopic (exact) mass is 326 g/mol. The zero-order valence-electron chi connectivity index (χ0n) is 11.6. The number of carbonyl (C=O) groups is 2. The third-order valence-corrected chi connectivity index (χ3v) is 4.76. The van der Waals surface area contributed by atoms with Gasteiger partial charge in [0.15, 0.2) is 0 Å². The molecule has 1 aliphatic carbocycles. The molecule has 2 aliphatic rings. The Kier molecular flexibility index (Phi) is 3.84. The average molecular weight is 327 g/mol. The molecule has 1 N–H and O–H groups in total. The van der Waals surface area contributed by atoms with E-state index < -0.39 is 6.04 Å². The van der Waals surface area contributed by atoms with Crippen LogP contribution in [-0.4, -0.2) is 28.8 Å². The van der Waals surface area contributed by atoms with E-state index in [1.165, 1.54) is 0 Å². The molecule has 0 spiro atoms. The minimum absolute atomic E-state index is 0.0439. The lowest BCUT2D eigenvalue weighted by atomic mass is 10.0. The molecule has 3 rings (SSSR count). The van der Waals surface area contributed by atoms with Crippen LogP contribution in [0.1, 0.15) is 25.3 Å². The standard InChI is InChI=1S/C15H16Cl2N2O2/c1-8-15(21)19(13(10-3-4-10)14(20)18-8)7-9-2-5-11(16)12(17)6-9/h2,5-6,8,10,13H,3-4,7H2,1H3,(H,18,20). The van der Waals surface area contributed by atoms with Gasteiger partial charge in [-0.25, -0.2) is 0 Å². The van der Waals surface area contributed by atoms with Crippen LogP contribution in [0.15, 0.2) is 18.2 Å². The Labute approximate surface area is 133 Å². The lowest BCUT2D eigenvalue weighted by Gasteiger charge is -2.38. The van der Waals surface area contributed by atoms with E-state index >= 15 is 0 Å². The zero-order chi connectivity index (χ0) is 15.1. The number of carbonyl (C=O) groups excluding carboxylic acids is 2. The Morgan fingerprint density at radius 3 is 2.57 bits per heavy atom. The molecule has 0 radical (unpaired) electrons. The third-order valence-electron chi connectivity index (χ3n) is 4.02. The van der Waals surface area contributed by atoms with Crippen LogP contribution in [0, 0.1) is 5.92 Å². The van der Waals surface area contributed by atoms with Crippen molar-refractivity contribution in [1.29, 1.82) is 0 Å². The van der Waals surface area contributed by atoms with Crippen LogP contribution < -0.4 is 5.32 Å². The third kappa shape index (κ3) is 2.87. The van der Waals surface area contributed by atoms with Gasteiger partial charge in [0.05, 0.1) is 10.0 Å². The molecule has 21 heavy (non-hydrogen) atoms. The largest absolute Gasteiger partial charge is 0.343 e. The van der Waals surface area contributed by atoms with Crippen molar-refractivity contribution in [2.75, 3.05) is 0 Å². The van der Waals surface area contributed by atoms with Crippen molar-refractivity contribution in [3.8, 4) is 0 Å². The topological polar surface area (TPSA) is 49.4 Å². The van der Waals surface area contributed by atoms with E-state index in [9.17, 15) is 9.59 Å². The van der Waals surface area contributed by atoms with Crippen LogP contribution in [0.3, 0.4) is 0 Å². The fourth-order valence-electron chi connectivity index (χ4n) is 2.78. The highest BCUT2D eigenvalue weighted by Crippen LogP contribution is 2.37. The summed E-state index contributed by atoms with van der Waals surface area (Å²) in [6.45, 7) is 2.10. The quantitative estimate of drug-likeness (QED) is 0.928. The number of hydrogen-bond donors (Lipinski definition) is 1. The Balaban J connectivity index is 1.86. The van der Waals surface area contributed by atoms with E-state index in [0.717, 1.165) is 18.4 Å². The van der Waals surface area contributed by atoms with Crippen molar-refractivity contribution in [1.82, 2.24) is 10.2 Å². The van der Waals surface area contributed by atoms with Crippen molar-refractivity contribution in [2.45, 2.75) is 38.4 Å². The van der Waals surface area contributed by atoms with Crippen molar-refractivity contribution in [3.05, 3.63) is 33.8 Å². The first-order valence-electron chi connectivity index (χ1n) is 7.02. The number of piperazine rings is 1. The van der Waals surface area contributed by atoms with Crippen molar-refractivity contribution in [2.24, 2.45) is 5.92 Å². The van der Waals surface area contributed by atoms with Gasteiger partial charge in [-0.2, -0.15) is 0 Å². The first-order chi connectivity index (χ1) is 9.97. The summed E-state index contributed by atoms with van der Waals surface area (Å²) in [4.78, 5) is 26.3. The second-order valence-electron chi connectivity index (χ2n) is 5.73. The van der Waals surface area contributed by atoms with Gasteiger partial charge in [0.2, 0.25) is 11.8 Å². The first kappa shape index (κ1) is 14.7. The van der Waals surface area contributed by atoms with Crippen LogP contribution in [0.25, 0.3) is 0 Å². The van der Waals surface area contributed by atoms with Crippen LogP contribution in [0.4, 0.5) is 0 Å². The van der Waals surface area contributed by atoms with E-state index in [4.69, 9.17) is 23.2 Å². The second-order valence-corrected chi connectivity index (χ2v) is 6.54. The van der Waals surface area contributed by atoms with Crippen LogP contribution in [0.2, 0.25) is 10.0 Å². The van der Waals surface area contributed by atoms with Gasteiger partial charge in [-0.15, -0.1) is 0 Å². The predicted octanol–water partition coefficient (Wildman–Crippen LogP) is 2.62. The van der Waals surface area contributed by atoms with Crippen molar-refractivity contribution < 1.29 is 9.59 Å². The summed E-state index contributed by atoms with van der Waals surface area (Å²) in [5, 5.41) is 3.70. The summed E-state index contributed by atoms with van der Waals surface area (Å²) in [5.41, 5.74) is 0.880. The molecule has 1 saturated heterocycles. The molecule has 4 nitrogen and oxygen atoms in total. The van der Waals surface area contributed by atoms with Gasteiger partial charge in [0, 0.05) is 6.54 Å². The molecular formula is C15H16Cl2N2O2. The van der Waals surface area contributed by atoms with Gasteiger partial charge in [0.1, 0.15) is 12.1 Å². The minimum Gasteiger partial charge on any atom is -0.343 e. The second kappa shape index (κ2) is 5.50. The molecule has 112 valence electrons. The average Bonchev–Trinajstić information content (AvgIpc) is 3.24. The first-order valence-corrected chi connectivity index (χ1v) is 7.77. The number of amides is 2. The molecule has 1 aromatic carbocycles. The minimum atomic E-state index is -0.477. The number of hydrogen-bond acceptors (Lipinski definition) is 2. The molecule has 1 heterocycles. The maximum absolute atomic E-state index is 12.4. The summed E-state index contributed by atoms with van der Waals surface area (Å²) in [5.74, 6) is 0.187. The molecule has 2 amide bonds. The van der Waals surface area contributed by atoms with E-state index in [1.807, 2.05) is 6.07 Å². The maximum atomic E-state index is 12.4. The Morgan fingerprint density at radius 1 is 1.24 bits per heavy atom. The molecule has 0 aromatic heterocycles. The summed E-state index contributed by atoms with van der Waals surface area (Å²) in [7, 11) is 0. The summed E-state index contributed by atoms with van der Waals surface area (Å²) in [6, 6.07) is 4.46. The van der Waals surface area contributed by atoms with Crippen molar-refractivity contribution in [3.63, 3.8) is 0 Å². The van der Waals surface area contributed by atoms with Gasteiger partial charge in [-0.3, -0.25) is 9.59 Å². The normalized spacial score (nSPS) is 26.0. The van der Waals surface area contributed by atoms with Crippen LogP contribution >= 0.6 is 23.2 Å². The number of halogens is 2. The molecule has 2 unspecified atom stereocenters. The Morgan fingerprint density at radius 2 is 1.95 bits per heavy atom. The summed E-state index contributed by atoms with van der Waals surface area (Å²) < 4.78 is 0. The number of benzene rings is 1. The molecule has 1 aliphatic heterocycles. The smallest absolute Gasteiger partial charge is 0.245 e. The molecule has 0 bridgehead atoms. The van der Waals surface area contributed by atoms with Crippen LogP contribution in [0.5, 0.6) is 0 Å². The lowest BCUT2D eigenvalue weighted by Crippen LogP contribution is -2.62. The van der Waals surface area contributed by atoms with Gasteiger partial charge in [-0.05, 0) is 43.4 Å². The fourth-order valence-corrected chi connectivity index (χ4v) is 3.10. The van der Waals surface area contributed by atoms with Gasteiger partial charge >= 0.3 is 0 Å². The van der Waals surface area contributed by atoms with E-state index in [-0.39, 0.29) is 23.8 Å². The van der Waals surface area contributed by atoms with Gasteiger partial charge in [0.25, 0.3) is 0 Å². The molecular weight excluding hydrogens is 311 g/mol. The highest BCUT2D eigenvalue weighted by Gasteiger charge is 2.46. The van der Waals surface area contributed by atoms with E-state index in [0.29, 0.717) is 16.6 Å². The Bertz CT molecular complexity index is 601. The molecule has 2 atom stereocenters. The molecule has 1 saturated carbocycles. The summed E-state index contributed by atoms with van der Waals surface area (Å²) in [6.07, 6.45) is 2.00. The molecule has 1 aromatic rings. The SMILES string of the molecule is CC1NC(=O)C(C2CC2)N(Cc2ccc(Cl)c(Cl)c2)C1=O. The van der Waals surface area contributed by atoms with Gasteiger partial charge < -0.3 is 10.2 Å². The fraction of sp³-hybridized carbons (Fsp3) is 0.467. The molecule has 2 fully saturated rings. The number of nitrogens with one attached hydrogen (secondary N) is 1. The highest BCUT2D eigenvalue weighted by molar-refractivity contribution is 6.42.